The van der Waals surface area contributed by atoms with E-state index in [0.717, 1.165) is 5.57 Å². The summed E-state index contributed by atoms with van der Waals surface area (Å²) in [6.45, 7) is 7.05. The molecular formula is C11H12O2. The maximum Gasteiger partial charge on any atom is 0.160 e. The summed E-state index contributed by atoms with van der Waals surface area (Å²) in [4.78, 5) is 11.2. The van der Waals surface area contributed by atoms with E-state index in [1.807, 2.05) is 0 Å². The number of allylic oxidation sites excluding steroid dienone is 1. The lowest BCUT2D eigenvalue weighted by atomic mass is 9.99. The van der Waals surface area contributed by atoms with Crippen LogP contribution in [0.25, 0.3) is 5.57 Å². The molecule has 0 aliphatic heterocycles. The Morgan fingerprint density at radius 1 is 1.31 bits per heavy atom. The lowest BCUT2D eigenvalue weighted by Crippen LogP contribution is -1.97. The van der Waals surface area contributed by atoms with E-state index in [-0.39, 0.29) is 11.5 Å². The molecule has 1 N–H and O–H groups in total. The monoisotopic (exact) mass is 176 g/mol. The molecule has 0 atom stereocenters. The molecule has 2 heteroatoms. The van der Waals surface area contributed by atoms with E-state index in [0.29, 0.717) is 11.1 Å². The first kappa shape index (κ1) is 9.52. The summed E-state index contributed by atoms with van der Waals surface area (Å²) in [5, 5.41) is 9.22. The molecule has 0 unspecified atom stereocenters. The number of Topliss-reactive ketones (excluding diaryl/α,β-unsaturated/α-hetero) is 1. The van der Waals surface area contributed by atoms with Crippen molar-refractivity contribution in [3.8, 4) is 5.75 Å². The number of phenols is 1. The van der Waals surface area contributed by atoms with Crippen molar-refractivity contribution >= 4 is 11.4 Å². The van der Waals surface area contributed by atoms with Crippen LogP contribution in [0, 0.1) is 0 Å². The highest BCUT2D eigenvalue weighted by Crippen LogP contribution is 2.22. The molecule has 0 saturated carbocycles. The lowest BCUT2D eigenvalue weighted by Gasteiger charge is -2.06. The van der Waals surface area contributed by atoms with E-state index in [4.69, 9.17) is 0 Å². The van der Waals surface area contributed by atoms with Gasteiger partial charge in [0.15, 0.2) is 5.78 Å². The van der Waals surface area contributed by atoms with Gasteiger partial charge in [-0.25, -0.2) is 0 Å². The second-order valence-corrected chi connectivity index (χ2v) is 3.07. The van der Waals surface area contributed by atoms with Crippen LogP contribution in [0.4, 0.5) is 0 Å². The molecule has 0 spiro atoms. The van der Waals surface area contributed by atoms with Crippen LogP contribution < -0.4 is 0 Å². The number of rotatable bonds is 2. The van der Waals surface area contributed by atoms with Crippen molar-refractivity contribution in [2.45, 2.75) is 13.8 Å². The highest BCUT2D eigenvalue weighted by Gasteiger charge is 2.07. The quantitative estimate of drug-likeness (QED) is 0.703. The molecule has 13 heavy (non-hydrogen) atoms. The molecule has 0 fully saturated rings. The fraction of sp³-hybridized carbons (Fsp3) is 0.182. The van der Waals surface area contributed by atoms with Gasteiger partial charge in [0.2, 0.25) is 0 Å². The molecule has 68 valence electrons. The van der Waals surface area contributed by atoms with E-state index in [9.17, 15) is 9.90 Å². The average Bonchev–Trinajstić information content (AvgIpc) is 2.03. The molecule has 0 radical (unpaired) electrons. The molecular weight excluding hydrogens is 164 g/mol. The van der Waals surface area contributed by atoms with Gasteiger partial charge in [-0.1, -0.05) is 12.2 Å². The molecule has 0 saturated heterocycles. The zero-order valence-corrected chi connectivity index (χ0v) is 7.79. The third-order valence-electron chi connectivity index (χ3n) is 1.84. The number of hydrogen-bond donors (Lipinski definition) is 1. The summed E-state index contributed by atoms with van der Waals surface area (Å²) < 4.78 is 0. The predicted octanol–water partition coefficient (Wildman–Crippen LogP) is 2.63. The predicted molar refractivity (Wildman–Crippen MR) is 52.8 cm³/mol. The minimum absolute atomic E-state index is 0.0157. The van der Waals surface area contributed by atoms with Crippen molar-refractivity contribution in [1.82, 2.24) is 0 Å². The molecule has 0 aromatic heterocycles. The van der Waals surface area contributed by atoms with Crippen LogP contribution >= 0.6 is 0 Å². The molecule has 1 aromatic rings. The van der Waals surface area contributed by atoms with Gasteiger partial charge < -0.3 is 5.11 Å². The Morgan fingerprint density at radius 3 is 2.38 bits per heavy atom. The molecule has 0 aliphatic carbocycles. The van der Waals surface area contributed by atoms with Crippen molar-refractivity contribution in [3.05, 3.63) is 35.9 Å². The van der Waals surface area contributed by atoms with Crippen LogP contribution in [0.2, 0.25) is 0 Å². The van der Waals surface area contributed by atoms with Gasteiger partial charge in [0.1, 0.15) is 5.75 Å². The summed E-state index contributed by atoms with van der Waals surface area (Å²) in [6, 6.07) is 4.67. The Balaban J connectivity index is 3.35. The molecule has 1 rings (SSSR count). The topological polar surface area (TPSA) is 37.3 Å². The molecule has 0 bridgehead atoms. The van der Waals surface area contributed by atoms with Crippen molar-refractivity contribution in [2.75, 3.05) is 0 Å². The van der Waals surface area contributed by atoms with Crippen LogP contribution in [0.1, 0.15) is 29.8 Å². The standard InChI is InChI=1S/C11H12O2/c1-7(2)11-6-9(13)4-5-10(11)8(3)12/h4-6,13H,1H2,2-3H3. The molecule has 2 nitrogen and oxygen atoms in total. The van der Waals surface area contributed by atoms with E-state index in [1.54, 1.807) is 19.1 Å². The van der Waals surface area contributed by atoms with Crippen LogP contribution in [-0.4, -0.2) is 10.9 Å². The highest BCUT2D eigenvalue weighted by molar-refractivity contribution is 5.99. The zero-order chi connectivity index (χ0) is 10.0. The maximum atomic E-state index is 11.2. The fourth-order valence-corrected chi connectivity index (χ4v) is 1.19. The van der Waals surface area contributed by atoms with E-state index in [2.05, 4.69) is 6.58 Å². The Labute approximate surface area is 77.5 Å². The van der Waals surface area contributed by atoms with Gasteiger partial charge in [-0.05, 0) is 37.6 Å². The van der Waals surface area contributed by atoms with E-state index in [1.165, 1.54) is 13.0 Å². The minimum Gasteiger partial charge on any atom is -0.508 e. The Morgan fingerprint density at radius 2 is 1.92 bits per heavy atom. The van der Waals surface area contributed by atoms with E-state index < -0.39 is 0 Å². The molecule has 0 heterocycles. The Bertz CT molecular complexity index is 364. The van der Waals surface area contributed by atoms with Gasteiger partial charge in [-0.3, -0.25) is 4.79 Å². The molecule has 0 amide bonds. The van der Waals surface area contributed by atoms with E-state index >= 15 is 0 Å². The SMILES string of the molecule is C=C(C)c1cc(O)ccc1C(C)=O. The van der Waals surface area contributed by atoms with Crippen molar-refractivity contribution in [1.29, 1.82) is 0 Å². The number of carbonyl (C=O) groups excluding carboxylic acids is 1. The lowest BCUT2D eigenvalue weighted by molar-refractivity contribution is 0.101. The van der Waals surface area contributed by atoms with Gasteiger partial charge in [-0.2, -0.15) is 0 Å². The second kappa shape index (κ2) is 3.44. The van der Waals surface area contributed by atoms with Gasteiger partial charge in [0.25, 0.3) is 0 Å². The minimum atomic E-state index is -0.0157. The van der Waals surface area contributed by atoms with Gasteiger partial charge in [0.05, 0.1) is 0 Å². The van der Waals surface area contributed by atoms with Gasteiger partial charge in [0, 0.05) is 5.56 Å². The summed E-state index contributed by atoms with van der Waals surface area (Å²) >= 11 is 0. The summed E-state index contributed by atoms with van der Waals surface area (Å²) in [5.74, 6) is 0.140. The smallest absolute Gasteiger partial charge is 0.160 e. The molecule has 1 aromatic carbocycles. The number of hydrogen-bond acceptors (Lipinski definition) is 2. The number of ketones is 1. The van der Waals surface area contributed by atoms with Gasteiger partial charge in [-0.15, -0.1) is 0 Å². The van der Waals surface area contributed by atoms with Crippen LogP contribution in [0.5, 0.6) is 5.75 Å². The first-order chi connectivity index (χ1) is 6.02. The van der Waals surface area contributed by atoms with Crippen LogP contribution in [0.15, 0.2) is 24.8 Å². The number of phenolic OH excluding ortho intramolecular Hbond substituents is 1. The van der Waals surface area contributed by atoms with Crippen molar-refractivity contribution in [2.24, 2.45) is 0 Å². The first-order valence-electron chi connectivity index (χ1n) is 4.02. The summed E-state index contributed by atoms with van der Waals surface area (Å²) in [7, 11) is 0. The van der Waals surface area contributed by atoms with Crippen molar-refractivity contribution in [3.63, 3.8) is 0 Å². The maximum absolute atomic E-state index is 11.2. The summed E-state index contributed by atoms with van der Waals surface area (Å²) in [5.41, 5.74) is 2.10. The van der Waals surface area contributed by atoms with Crippen LogP contribution in [0.3, 0.4) is 0 Å². The third kappa shape index (κ3) is 1.96. The fourth-order valence-electron chi connectivity index (χ4n) is 1.19. The zero-order valence-electron chi connectivity index (χ0n) is 7.79. The molecule has 0 aliphatic rings. The van der Waals surface area contributed by atoms with Crippen LogP contribution in [-0.2, 0) is 0 Å². The van der Waals surface area contributed by atoms with Crippen molar-refractivity contribution < 1.29 is 9.90 Å². The first-order valence-corrected chi connectivity index (χ1v) is 4.02. The Hall–Kier alpha value is -1.57. The van der Waals surface area contributed by atoms with Gasteiger partial charge >= 0.3 is 0 Å². The largest absolute Gasteiger partial charge is 0.508 e. The normalized spacial score (nSPS) is 9.69. The number of benzene rings is 1. The number of carbonyl (C=O) groups is 1. The average molecular weight is 176 g/mol. The third-order valence-corrected chi connectivity index (χ3v) is 1.84. The second-order valence-electron chi connectivity index (χ2n) is 3.07. The Kier molecular flexibility index (Phi) is 2.52. The highest BCUT2D eigenvalue weighted by atomic mass is 16.3. The summed E-state index contributed by atoms with van der Waals surface area (Å²) in [6.07, 6.45) is 0. The number of aromatic hydroxyl groups is 1.